The van der Waals surface area contributed by atoms with Gasteiger partial charge in [-0.25, -0.2) is 18.8 Å². The van der Waals surface area contributed by atoms with Crippen LogP contribution in [-0.4, -0.2) is 33.9 Å². The van der Waals surface area contributed by atoms with E-state index < -0.39 is 29.2 Å². The maximum Gasteiger partial charge on any atom is 0.420 e. The molecule has 1 aromatic carbocycles. The number of carbonyl (C=O) groups excluding carboxylic acids is 1. The Hall–Kier alpha value is -2.84. The van der Waals surface area contributed by atoms with Crippen LogP contribution < -0.4 is 10.7 Å². The highest BCUT2D eigenvalue weighted by molar-refractivity contribution is 6.01. The van der Waals surface area contributed by atoms with Gasteiger partial charge in [0.25, 0.3) is 0 Å². The number of anilines is 1. The zero-order valence-corrected chi connectivity index (χ0v) is 12.3. The third kappa shape index (κ3) is 2.00. The molecule has 0 spiro atoms. The van der Waals surface area contributed by atoms with Gasteiger partial charge in [0.1, 0.15) is 12.1 Å². The lowest BCUT2D eigenvalue weighted by molar-refractivity contribution is -0.142. The van der Waals surface area contributed by atoms with Crippen LogP contribution in [0.2, 0.25) is 0 Å². The van der Waals surface area contributed by atoms with Crippen molar-refractivity contribution in [1.29, 1.82) is 0 Å². The maximum absolute atomic E-state index is 14.4. The third-order valence-corrected chi connectivity index (χ3v) is 3.89. The van der Waals surface area contributed by atoms with Crippen molar-refractivity contribution in [2.75, 3.05) is 11.5 Å². The van der Waals surface area contributed by atoms with Gasteiger partial charge in [-0.15, -0.1) is 0 Å². The van der Waals surface area contributed by atoms with Crippen LogP contribution in [0.1, 0.15) is 13.8 Å². The van der Waals surface area contributed by atoms with Gasteiger partial charge >= 0.3 is 17.8 Å². The van der Waals surface area contributed by atoms with E-state index in [0.29, 0.717) is 0 Å². The predicted octanol–water partition coefficient (Wildman–Crippen LogP) is 1.55. The van der Waals surface area contributed by atoms with E-state index in [4.69, 9.17) is 9.15 Å². The Morgan fingerprint density at radius 2 is 2.13 bits per heavy atom. The first kappa shape index (κ1) is 15.1. The van der Waals surface area contributed by atoms with E-state index in [1.165, 1.54) is 13.0 Å². The van der Waals surface area contributed by atoms with E-state index in [-0.39, 0.29) is 29.9 Å². The molecule has 1 aliphatic heterocycles. The monoisotopic (exact) mass is 324 g/mol. The van der Waals surface area contributed by atoms with Crippen LogP contribution in [0.25, 0.3) is 11.1 Å². The summed E-state index contributed by atoms with van der Waals surface area (Å²) >= 11 is 0. The van der Waals surface area contributed by atoms with Gasteiger partial charge in [0, 0.05) is 18.7 Å². The quantitative estimate of drug-likeness (QED) is 0.919. The predicted molar refractivity (Wildman–Crippen MR) is 76.0 cm³/mol. The molecule has 1 atom stereocenters. The number of amides is 1. The third-order valence-electron chi connectivity index (χ3n) is 3.89. The summed E-state index contributed by atoms with van der Waals surface area (Å²) in [4.78, 5) is 35.9. The Kier molecular flexibility index (Phi) is 3.17. The average Bonchev–Trinajstić information content (AvgIpc) is 2.96. The van der Waals surface area contributed by atoms with Crippen molar-refractivity contribution in [3.8, 4) is 0 Å². The minimum absolute atomic E-state index is 0.0363. The van der Waals surface area contributed by atoms with Crippen LogP contribution in [0.4, 0.5) is 14.9 Å². The van der Waals surface area contributed by atoms with E-state index in [2.05, 4.69) is 0 Å². The molecular weight excluding hydrogens is 311 g/mol. The Labute approximate surface area is 128 Å². The highest BCUT2D eigenvalue weighted by Crippen LogP contribution is 2.34. The molecule has 3 rings (SSSR count). The lowest BCUT2D eigenvalue weighted by atomic mass is 10.0. The molecule has 1 unspecified atom stereocenters. The number of fused-ring (bicyclic) bond motifs is 1. The van der Waals surface area contributed by atoms with Gasteiger partial charge in [0.05, 0.1) is 5.69 Å². The Bertz CT molecular complexity index is 885. The van der Waals surface area contributed by atoms with Crippen LogP contribution in [0, 0.1) is 5.82 Å². The second kappa shape index (κ2) is 4.83. The van der Waals surface area contributed by atoms with Crippen LogP contribution in [0.5, 0.6) is 0 Å². The van der Waals surface area contributed by atoms with E-state index >= 15 is 0 Å². The Balaban J connectivity index is 2.23. The average molecular weight is 324 g/mol. The molecule has 1 aromatic heterocycles. The SMILES string of the molecule is CCn1c(=O)oc2cc(N3C(=O)OCC3(C)C(=O)O)cc(F)c21. The summed E-state index contributed by atoms with van der Waals surface area (Å²) in [6.45, 7) is 2.78. The number of halogens is 1. The molecule has 1 amide bonds. The van der Waals surface area contributed by atoms with Crippen molar-refractivity contribution in [3.63, 3.8) is 0 Å². The molecule has 1 saturated heterocycles. The standard InChI is InChI=1S/C14H13FN2O6/c1-3-16-10-8(15)4-7(5-9(10)23-12(16)20)17-13(21)22-6-14(17,2)11(18)19/h4-5H,3,6H2,1-2H3,(H,18,19). The lowest BCUT2D eigenvalue weighted by Gasteiger charge is -2.27. The molecule has 0 radical (unpaired) electrons. The number of hydrogen-bond acceptors (Lipinski definition) is 5. The van der Waals surface area contributed by atoms with Crippen LogP contribution >= 0.6 is 0 Å². The zero-order chi connectivity index (χ0) is 16.9. The normalized spacial score (nSPS) is 21.0. The fraction of sp³-hybridized carbons (Fsp3) is 0.357. The van der Waals surface area contributed by atoms with Gasteiger partial charge in [-0.1, -0.05) is 0 Å². The molecule has 2 heterocycles. The fourth-order valence-corrected chi connectivity index (χ4v) is 2.64. The summed E-state index contributed by atoms with van der Waals surface area (Å²) in [5, 5.41) is 9.35. The van der Waals surface area contributed by atoms with Gasteiger partial charge in [-0.2, -0.15) is 0 Å². The summed E-state index contributed by atoms with van der Waals surface area (Å²) in [6, 6.07) is 2.23. The van der Waals surface area contributed by atoms with Crippen molar-refractivity contribution < 1.29 is 28.2 Å². The van der Waals surface area contributed by atoms with E-state index in [0.717, 1.165) is 15.5 Å². The number of carboxylic acids is 1. The number of nitrogens with zero attached hydrogens (tertiary/aromatic N) is 2. The summed E-state index contributed by atoms with van der Waals surface area (Å²) in [5.41, 5.74) is -1.84. The van der Waals surface area contributed by atoms with Crippen molar-refractivity contribution in [2.45, 2.75) is 25.9 Å². The van der Waals surface area contributed by atoms with E-state index in [1.807, 2.05) is 0 Å². The Morgan fingerprint density at radius 1 is 1.43 bits per heavy atom. The van der Waals surface area contributed by atoms with Crippen molar-refractivity contribution in [1.82, 2.24) is 4.57 Å². The van der Waals surface area contributed by atoms with Crippen LogP contribution in [0.3, 0.4) is 0 Å². The second-order valence-corrected chi connectivity index (χ2v) is 5.36. The number of aryl methyl sites for hydroxylation is 1. The first-order valence-corrected chi connectivity index (χ1v) is 6.83. The van der Waals surface area contributed by atoms with Crippen molar-refractivity contribution >= 4 is 28.8 Å². The summed E-state index contributed by atoms with van der Waals surface area (Å²) in [6.07, 6.45) is -0.911. The van der Waals surface area contributed by atoms with E-state index in [9.17, 15) is 23.9 Å². The summed E-state index contributed by atoms with van der Waals surface area (Å²) in [5.74, 6) is -2.82. The Morgan fingerprint density at radius 3 is 2.74 bits per heavy atom. The van der Waals surface area contributed by atoms with Gasteiger partial charge < -0.3 is 14.3 Å². The topological polar surface area (TPSA) is 102 Å². The fourth-order valence-electron chi connectivity index (χ4n) is 2.64. The van der Waals surface area contributed by atoms with Crippen molar-refractivity contribution in [2.24, 2.45) is 0 Å². The van der Waals surface area contributed by atoms with Gasteiger partial charge in [0.2, 0.25) is 0 Å². The second-order valence-electron chi connectivity index (χ2n) is 5.36. The number of cyclic esters (lactones) is 1. The number of aliphatic carboxylic acids is 1. The smallest absolute Gasteiger partial charge is 0.420 e. The van der Waals surface area contributed by atoms with Gasteiger partial charge in [-0.05, 0) is 13.8 Å². The summed E-state index contributed by atoms with van der Waals surface area (Å²) < 4.78 is 25.3. The van der Waals surface area contributed by atoms with Crippen LogP contribution in [-0.2, 0) is 16.1 Å². The molecule has 8 nitrogen and oxygen atoms in total. The molecule has 0 aliphatic carbocycles. The minimum Gasteiger partial charge on any atom is -0.479 e. The van der Waals surface area contributed by atoms with Crippen molar-refractivity contribution in [3.05, 3.63) is 28.5 Å². The molecule has 0 saturated carbocycles. The zero-order valence-electron chi connectivity index (χ0n) is 12.3. The number of rotatable bonds is 3. The number of aromatic nitrogens is 1. The molecule has 1 N–H and O–H groups in total. The molecule has 1 aliphatic rings. The number of benzene rings is 1. The first-order chi connectivity index (χ1) is 10.8. The minimum atomic E-state index is -1.68. The van der Waals surface area contributed by atoms with Gasteiger partial charge in [-0.3, -0.25) is 9.47 Å². The van der Waals surface area contributed by atoms with Gasteiger partial charge in [0.15, 0.2) is 16.9 Å². The largest absolute Gasteiger partial charge is 0.479 e. The summed E-state index contributed by atoms with van der Waals surface area (Å²) in [7, 11) is 0. The molecule has 2 aromatic rings. The number of oxazole rings is 1. The lowest BCUT2D eigenvalue weighted by Crippen LogP contribution is -2.51. The molecule has 23 heavy (non-hydrogen) atoms. The molecule has 1 fully saturated rings. The highest BCUT2D eigenvalue weighted by Gasteiger charge is 2.51. The number of hydrogen-bond donors (Lipinski definition) is 1. The van der Waals surface area contributed by atoms with Crippen LogP contribution in [0.15, 0.2) is 21.3 Å². The molecular formula is C14H13FN2O6. The van der Waals surface area contributed by atoms with E-state index in [1.54, 1.807) is 6.92 Å². The number of ether oxygens (including phenoxy) is 1. The molecule has 122 valence electrons. The molecule has 9 heteroatoms. The number of carboxylic acid groups (broad SMARTS) is 1. The highest BCUT2D eigenvalue weighted by atomic mass is 19.1. The molecule has 0 bridgehead atoms. The first-order valence-electron chi connectivity index (χ1n) is 6.83. The maximum atomic E-state index is 14.4. The number of carbonyl (C=O) groups is 2.